The molecule has 0 radical (unpaired) electrons. The number of aromatic nitrogens is 3. The Morgan fingerprint density at radius 2 is 2.15 bits per heavy atom. The largest absolute Gasteiger partial charge is 0.366 e. The SMILES string of the molecule is Cc1nc(NCc2cc3ccc(F)cc3[nH]c2=O)cc([C@H]2CCCNC2)n1. The van der Waals surface area contributed by atoms with Crippen LogP contribution in [0.1, 0.15) is 35.8 Å². The molecule has 0 saturated carbocycles. The third-order valence-corrected chi connectivity index (χ3v) is 4.92. The van der Waals surface area contributed by atoms with Crippen LogP contribution in [0.4, 0.5) is 10.2 Å². The Bertz CT molecular complexity index is 1030. The predicted molar refractivity (Wildman–Crippen MR) is 103 cm³/mol. The van der Waals surface area contributed by atoms with Crippen molar-refractivity contribution in [1.82, 2.24) is 20.3 Å². The molecular formula is C20H22FN5O. The normalized spacial score (nSPS) is 17.2. The Labute approximate surface area is 156 Å². The van der Waals surface area contributed by atoms with Crippen molar-refractivity contribution in [3.8, 4) is 0 Å². The summed E-state index contributed by atoms with van der Waals surface area (Å²) in [6.07, 6.45) is 2.26. The molecule has 0 amide bonds. The first kappa shape index (κ1) is 17.6. The number of H-pyrrole nitrogens is 1. The van der Waals surface area contributed by atoms with E-state index in [2.05, 4.69) is 25.6 Å². The summed E-state index contributed by atoms with van der Waals surface area (Å²) < 4.78 is 13.3. The van der Waals surface area contributed by atoms with Gasteiger partial charge >= 0.3 is 0 Å². The zero-order valence-electron chi connectivity index (χ0n) is 15.2. The molecule has 3 N–H and O–H groups in total. The lowest BCUT2D eigenvalue weighted by molar-refractivity contribution is 0.453. The molecule has 0 spiro atoms. The van der Waals surface area contributed by atoms with Crippen molar-refractivity contribution in [2.45, 2.75) is 32.2 Å². The fourth-order valence-electron chi connectivity index (χ4n) is 3.53. The topological polar surface area (TPSA) is 82.7 Å². The number of hydrogen-bond acceptors (Lipinski definition) is 5. The van der Waals surface area contributed by atoms with Gasteiger partial charge in [0.25, 0.3) is 5.56 Å². The Balaban J connectivity index is 1.55. The first-order valence-electron chi connectivity index (χ1n) is 9.20. The van der Waals surface area contributed by atoms with E-state index in [0.29, 0.717) is 35.2 Å². The van der Waals surface area contributed by atoms with Crippen molar-refractivity contribution in [3.05, 3.63) is 63.6 Å². The second-order valence-electron chi connectivity index (χ2n) is 6.98. The van der Waals surface area contributed by atoms with E-state index in [0.717, 1.165) is 37.0 Å². The molecule has 3 heterocycles. The van der Waals surface area contributed by atoms with E-state index < -0.39 is 0 Å². The number of aryl methyl sites for hydroxylation is 1. The first-order valence-corrected chi connectivity index (χ1v) is 9.20. The highest BCUT2D eigenvalue weighted by Crippen LogP contribution is 2.23. The third kappa shape index (κ3) is 3.98. The van der Waals surface area contributed by atoms with Crippen LogP contribution in [0.25, 0.3) is 10.9 Å². The molecule has 4 rings (SSSR count). The number of anilines is 1. The summed E-state index contributed by atoms with van der Waals surface area (Å²) in [6.45, 7) is 4.20. The maximum atomic E-state index is 13.3. The molecule has 3 aromatic rings. The fourth-order valence-corrected chi connectivity index (χ4v) is 3.53. The molecular weight excluding hydrogens is 345 g/mol. The molecule has 1 saturated heterocycles. The molecule has 1 aliphatic rings. The second-order valence-corrected chi connectivity index (χ2v) is 6.98. The summed E-state index contributed by atoms with van der Waals surface area (Å²) in [5.41, 5.74) is 1.86. The highest BCUT2D eigenvalue weighted by molar-refractivity contribution is 5.78. The molecule has 7 heteroatoms. The van der Waals surface area contributed by atoms with E-state index in [4.69, 9.17) is 0 Å². The summed E-state index contributed by atoms with van der Waals surface area (Å²) in [7, 11) is 0. The van der Waals surface area contributed by atoms with Gasteiger partial charge in [-0.1, -0.05) is 0 Å². The van der Waals surface area contributed by atoms with Gasteiger partial charge in [-0.15, -0.1) is 0 Å². The van der Waals surface area contributed by atoms with Crippen molar-refractivity contribution in [1.29, 1.82) is 0 Å². The lowest BCUT2D eigenvalue weighted by Crippen LogP contribution is -2.29. The highest BCUT2D eigenvalue weighted by Gasteiger charge is 2.17. The maximum Gasteiger partial charge on any atom is 0.253 e. The molecule has 27 heavy (non-hydrogen) atoms. The smallest absolute Gasteiger partial charge is 0.253 e. The van der Waals surface area contributed by atoms with Crippen LogP contribution in [0.2, 0.25) is 0 Å². The van der Waals surface area contributed by atoms with E-state index in [9.17, 15) is 9.18 Å². The van der Waals surface area contributed by atoms with Crippen LogP contribution in [-0.4, -0.2) is 28.0 Å². The minimum absolute atomic E-state index is 0.233. The average molecular weight is 367 g/mol. The van der Waals surface area contributed by atoms with Crippen LogP contribution in [0.5, 0.6) is 0 Å². The van der Waals surface area contributed by atoms with Crippen molar-refractivity contribution >= 4 is 16.7 Å². The van der Waals surface area contributed by atoms with Crippen LogP contribution < -0.4 is 16.2 Å². The third-order valence-electron chi connectivity index (χ3n) is 4.92. The van der Waals surface area contributed by atoms with Crippen molar-refractivity contribution < 1.29 is 4.39 Å². The van der Waals surface area contributed by atoms with Gasteiger partial charge in [-0.2, -0.15) is 0 Å². The van der Waals surface area contributed by atoms with E-state index in [1.807, 2.05) is 13.0 Å². The van der Waals surface area contributed by atoms with Crippen LogP contribution in [0.15, 0.2) is 35.1 Å². The lowest BCUT2D eigenvalue weighted by Gasteiger charge is -2.22. The monoisotopic (exact) mass is 367 g/mol. The van der Waals surface area contributed by atoms with Gasteiger partial charge in [0.05, 0.1) is 11.2 Å². The number of pyridine rings is 1. The molecule has 1 fully saturated rings. The average Bonchev–Trinajstić information content (AvgIpc) is 2.66. The van der Waals surface area contributed by atoms with Crippen molar-refractivity contribution in [2.75, 3.05) is 18.4 Å². The number of halogens is 1. The standard InChI is InChI=1S/C20H22FN5O/c1-12-24-18(14-3-2-6-22-10-14)9-19(25-12)23-11-15-7-13-4-5-16(21)8-17(13)26-20(15)27/h4-5,7-9,14,22H,2-3,6,10-11H2,1H3,(H,26,27)(H,23,24,25)/t14-/m0/s1. The van der Waals surface area contributed by atoms with Crippen LogP contribution in [0.3, 0.4) is 0 Å². The van der Waals surface area contributed by atoms with Crippen molar-refractivity contribution in [3.63, 3.8) is 0 Å². The summed E-state index contributed by atoms with van der Waals surface area (Å²) in [5.74, 6) is 1.44. The second kappa shape index (κ2) is 7.44. The number of fused-ring (bicyclic) bond motifs is 1. The lowest BCUT2D eigenvalue weighted by atomic mass is 9.96. The number of nitrogens with one attached hydrogen (secondary N) is 3. The van der Waals surface area contributed by atoms with E-state index in [-0.39, 0.29) is 11.4 Å². The Morgan fingerprint density at radius 3 is 2.96 bits per heavy atom. The Morgan fingerprint density at radius 1 is 1.26 bits per heavy atom. The van der Waals surface area contributed by atoms with Gasteiger partial charge < -0.3 is 15.6 Å². The first-order chi connectivity index (χ1) is 13.1. The summed E-state index contributed by atoms with van der Waals surface area (Å²) in [5, 5.41) is 7.43. The number of piperidine rings is 1. The van der Waals surface area contributed by atoms with Crippen LogP contribution >= 0.6 is 0 Å². The number of hydrogen-bond donors (Lipinski definition) is 3. The number of benzene rings is 1. The molecule has 0 bridgehead atoms. The molecule has 6 nitrogen and oxygen atoms in total. The van der Waals surface area contributed by atoms with Gasteiger partial charge in [-0.25, -0.2) is 14.4 Å². The predicted octanol–water partition coefficient (Wildman–Crippen LogP) is 2.84. The van der Waals surface area contributed by atoms with E-state index in [1.165, 1.54) is 12.1 Å². The van der Waals surface area contributed by atoms with Crippen LogP contribution in [0, 0.1) is 12.7 Å². The Hall–Kier alpha value is -2.80. The molecule has 2 aromatic heterocycles. The van der Waals surface area contributed by atoms with Crippen molar-refractivity contribution in [2.24, 2.45) is 0 Å². The zero-order chi connectivity index (χ0) is 18.8. The van der Waals surface area contributed by atoms with E-state index in [1.54, 1.807) is 12.1 Å². The minimum atomic E-state index is -0.370. The Kier molecular flexibility index (Phi) is 4.85. The van der Waals surface area contributed by atoms with Crippen LogP contribution in [-0.2, 0) is 6.54 Å². The van der Waals surface area contributed by atoms with Gasteiger partial charge in [-0.05, 0) is 56.0 Å². The minimum Gasteiger partial charge on any atom is -0.366 e. The molecule has 1 atom stereocenters. The summed E-state index contributed by atoms with van der Waals surface area (Å²) >= 11 is 0. The fraction of sp³-hybridized carbons (Fsp3) is 0.350. The maximum absolute atomic E-state index is 13.3. The van der Waals surface area contributed by atoms with Gasteiger partial charge in [-0.3, -0.25) is 4.79 Å². The molecule has 1 aromatic carbocycles. The van der Waals surface area contributed by atoms with Gasteiger partial charge in [0.15, 0.2) is 0 Å². The summed E-state index contributed by atoms with van der Waals surface area (Å²) in [4.78, 5) is 24.0. The number of nitrogens with zero attached hydrogens (tertiary/aromatic N) is 2. The molecule has 1 aliphatic heterocycles. The summed E-state index contributed by atoms with van der Waals surface area (Å²) in [6, 6.07) is 8.12. The van der Waals surface area contributed by atoms with Gasteiger partial charge in [0, 0.05) is 30.6 Å². The zero-order valence-corrected chi connectivity index (χ0v) is 15.2. The number of aromatic amines is 1. The molecule has 0 unspecified atom stereocenters. The van der Waals surface area contributed by atoms with E-state index >= 15 is 0 Å². The highest BCUT2D eigenvalue weighted by atomic mass is 19.1. The molecule has 0 aliphatic carbocycles. The van der Waals surface area contributed by atoms with Gasteiger partial charge in [0.1, 0.15) is 17.5 Å². The quantitative estimate of drug-likeness (QED) is 0.661. The number of rotatable bonds is 4. The molecule has 140 valence electrons. The van der Waals surface area contributed by atoms with Gasteiger partial charge in [0.2, 0.25) is 0 Å².